The Morgan fingerprint density at radius 1 is 0.382 bits per heavy atom. The standard InChI is InChI=1S/C27H27FN4O3.C26H26FN5O3.C25H24FN5O2S.C24H21FN4O2S/c1-18-16-29-27(35-18)20-10-12-31(13-11-20)26(33)17-32-24(19-6-4-3-5-7-19)15-23(30-32)21-8-9-22(28)25(14-21)34-2;1-17-28-29-26(35-17)19-10-12-31(13-11-19)25(33)16-32-23(18-6-4-3-5-7-18)15-22(30-32)20-8-9-21(27)24(14-20)34-2;1-33-22-13-17(7-8-18(22)26)20-14-21(16-5-3-2-4-6-16)31(29-20)15-24(32)30-11-9-19-23(10-12-30)34-25(27)28-19;1-15-26-20-12-28(13-23(20)32-15)24(30)14-29-21(16-6-4-3-5-7-16)11-19(27-29)17-8-9-18(25)22(10-17)31-2/h3-9,14-16,20H,10-13,17H2,1-2H3;3-9,14-15,19H,10-13,16H2,1-2H3;2-8,13-14H,9-12,15H2,1H3,(H2,27,28);3-11H,12-14H2,1-2H3. The summed E-state index contributed by atoms with van der Waals surface area (Å²) in [5.41, 5.74) is 20.3. The summed E-state index contributed by atoms with van der Waals surface area (Å²) in [4.78, 5) is 75.9. The highest BCUT2D eigenvalue weighted by Gasteiger charge is 2.33. The number of aromatic nitrogens is 13. The quantitative estimate of drug-likeness (QED) is 0.0616. The van der Waals surface area contributed by atoms with Gasteiger partial charge in [-0.3, -0.25) is 37.9 Å². The third kappa shape index (κ3) is 21.5. The molecule has 0 unspecified atom stereocenters. The van der Waals surface area contributed by atoms with E-state index in [1.807, 2.05) is 179 Å². The molecule has 0 bridgehead atoms. The molecule has 16 aromatic rings. The Kier molecular flexibility index (Phi) is 28.6. The molecule has 0 spiro atoms. The highest BCUT2D eigenvalue weighted by molar-refractivity contribution is 7.15. The summed E-state index contributed by atoms with van der Waals surface area (Å²) in [5.74, 6) is 2.01. The number of fused-ring (bicyclic) bond motifs is 2. The molecule has 2 fully saturated rings. The second-order valence-electron chi connectivity index (χ2n) is 33.1. The number of thiazole rings is 2. The number of hydrogen-bond donors (Lipinski definition) is 1. The maximum absolute atomic E-state index is 13.9. The van der Waals surface area contributed by atoms with Gasteiger partial charge in [0.05, 0.1) is 110 Å². The van der Waals surface area contributed by atoms with Crippen molar-refractivity contribution in [2.24, 2.45) is 0 Å². The van der Waals surface area contributed by atoms with E-state index >= 15 is 0 Å². The molecular formula is C102H98F4N18O10S2. The van der Waals surface area contributed by atoms with Crippen molar-refractivity contribution in [3.05, 3.63) is 297 Å². The number of nitrogens with two attached hydrogens (primary N) is 1. The van der Waals surface area contributed by atoms with E-state index in [-0.39, 0.29) is 84.6 Å². The van der Waals surface area contributed by atoms with Gasteiger partial charge in [-0.05, 0) is 159 Å². The third-order valence-electron chi connectivity index (χ3n) is 24.2. The molecule has 0 radical (unpaired) electrons. The van der Waals surface area contributed by atoms with Crippen LogP contribution in [0.1, 0.15) is 87.1 Å². The van der Waals surface area contributed by atoms with Crippen LogP contribution >= 0.6 is 22.7 Å². The number of methoxy groups -OCH3 is 4. The van der Waals surface area contributed by atoms with Gasteiger partial charge in [0.2, 0.25) is 35.4 Å². The van der Waals surface area contributed by atoms with Crippen LogP contribution in [0.5, 0.6) is 23.0 Å². The van der Waals surface area contributed by atoms with Gasteiger partial charge in [0, 0.05) is 103 Å². The Hall–Kier alpha value is -15.2. The number of oxazole rings is 1. The SMILES string of the molecule is COc1cc(-c2cc(-c3ccccc3)n(CC(=O)N3CCC(c4ncc(C)o4)CC3)n2)ccc1F.COc1cc(-c2cc(-c3ccccc3)n(CC(=O)N3CCC(c4nnc(C)o4)CC3)n2)ccc1F.COc1cc(-c2cc(-c3ccccc3)n(CC(=O)N3CCc4nc(N)sc4CC3)n2)ccc1F.COc1cc(-c2cc(-c3ccccc3)n(CC(=O)N3Cc4nc(C)sc4C3)n2)ccc1F. The molecule has 4 aliphatic heterocycles. The first-order valence-electron chi connectivity index (χ1n) is 44.5. The van der Waals surface area contributed by atoms with Crippen LogP contribution in [-0.2, 0) is 71.3 Å². The molecule has 2 N–H and O–H groups in total. The Bertz CT molecular complexity index is 6670. The minimum absolute atomic E-state index is 0.00585. The largest absolute Gasteiger partial charge is 0.494 e. The number of aryl methyl sites for hydroxylation is 3. The average molecular weight is 1880 g/mol. The number of amides is 4. The smallest absolute Gasteiger partial charge is 0.245 e. The van der Waals surface area contributed by atoms with Crippen LogP contribution in [0.3, 0.4) is 0 Å². The van der Waals surface area contributed by atoms with Crippen LogP contribution in [-0.4, -0.2) is 175 Å². The summed E-state index contributed by atoms with van der Waals surface area (Å²) in [6.45, 7) is 11.0. The van der Waals surface area contributed by atoms with E-state index in [4.69, 9.17) is 53.9 Å². The lowest BCUT2D eigenvalue weighted by Crippen LogP contribution is -2.40. The lowest BCUT2D eigenvalue weighted by atomic mass is 9.97. The summed E-state index contributed by atoms with van der Waals surface area (Å²) in [5, 5.41) is 28.5. The fraction of sp³-hybridized carbons (Fsp3) is 0.265. The Balaban J connectivity index is 0.000000126. The van der Waals surface area contributed by atoms with Crippen LogP contribution in [0.15, 0.2) is 233 Å². The molecule has 8 aromatic carbocycles. The van der Waals surface area contributed by atoms with E-state index in [0.717, 1.165) is 120 Å². The van der Waals surface area contributed by atoms with Crippen LogP contribution < -0.4 is 24.7 Å². The van der Waals surface area contributed by atoms with Gasteiger partial charge in [0.25, 0.3) is 0 Å². The van der Waals surface area contributed by atoms with Crippen LogP contribution in [0.25, 0.3) is 90.1 Å². The number of anilines is 1. The van der Waals surface area contributed by atoms with Gasteiger partial charge in [-0.25, -0.2) is 32.5 Å². The topological polar surface area (TPSA) is 306 Å². The molecule has 20 rings (SSSR count). The number of hydrogen-bond acceptors (Lipinski definition) is 22. The maximum atomic E-state index is 13.9. The lowest BCUT2D eigenvalue weighted by Gasteiger charge is -2.30. The molecule has 136 heavy (non-hydrogen) atoms. The van der Waals surface area contributed by atoms with E-state index in [1.165, 1.54) is 64.0 Å². The van der Waals surface area contributed by atoms with Crippen LogP contribution in [0.2, 0.25) is 0 Å². The van der Waals surface area contributed by atoms with Crippen molar-refractivity contribution < 1.29 is 64.5 Å². The van der Waals surface area contributed by atoms with Gasteiger partial charge in [-0.2, -0.15) is 20.4 Å². The van der Waals surface area contributed by atoms with E-state index in [1.54, 1.807) is 91.7 Å². The average Bonchev–Trinajstić information content (AvgIpc) is 1.63. The molecule has 28 nitrogen and oxygen atoms in total. The molecule has 0 saturated carbocycles. The number of carbonyl (C=O) groups excluding carboxylic acids is 4. The number of ether oxygens (including phenoxy) is 4. The van der Waals surface area contributed by atoms with Gasteiger partial charge < -0.3 is 53.1 Å². The second-order valence-corrected chi connectivity index (χ2v) is 35.5. The molecule has 4 amide bonds. The minimum Gasteiger partial charge on any atom is -0.494 e. The zero-order valence-corrected chi connectivity index (χ0v) is 77.5. The minimum atomic E-state index is -0.437. The van der Waals surface area contributed by atoms with Crippen molar-refractivity contribution in [1.29, 1.82) is 0 Å². The fourth-order valence-corrected chi connectivity index (χ4v) is 18.9. The van der Waals surface area contributed by atoms with E-state index in [9.17, 15) is 36.7 Å². The van der Waals surface area contributed by atoms with Gasteiger partial charge in [-0.1, -0.05) is 121 Å². The number of likely N-dealkylation sites (tertiary alicyclic amines) is 2. The highest BCUT2D eigenvalue weighted by atomic mass is 32.1. The summed E-state index contributed by atoms with van der Waals surface area (Å²) in [6.07, 6.45) is 6.37. The van der Waals surface area contributed by atoms with Crippen molar-refractivity contribution in [3.8, 4) is 113 Å². The van der Waals surface area contributed by atoms with Gasteiger partial charge in [-0.15, -0.1) is 32.9 Å². The third-order valence-corrected chi connectivity index (χ3v) is 26.2. The maximum Gasteiger partial charge on any atom is 0.245 e. The Morgan fingerprint density at radius 3 is 1.07 bits per heavy atom. The predicted molar refractivity (Wildman–Crippen MR) is 507 cm³/mol. The predicted octanol–water partition coefficient (Wildman–Crippen LogP) is 18.2. The number of rotatable bonds is 22. The summed E-state index contributed by atoms with van der Waals surface area (Å²) >= 11 is 3.14. The molecule has 696 valence electrons. The lowest BCUT2D eigenvalue weighted by molar-refractivity contribution is -0.133. The summed E-state index contributed by atoms with van der Waals surface area (Å²) in [7, 11) is 5.72. The number of nitrogens with zero attached hydrogens (tertiary/aromatic N) is 17. The van der Waals surface area contributed by atoms with Crippen molar-refractivity contribution in [1.82, 2.24) is 83.9 Å². The summed E-state index contributed by atoms with van der Waals surface area (Å²) < 4.78 is 94.3. The zero-order valence-electron chi connectivity index (χ0n) is 75.8. The number of nitrogen functional groups attached to an aromatic ring is 1. The first-order valence-corrected chi connectivity index (χ1v) is 46.1. The number of carbonyl (C=O) groups is 4. The molecule has 2 saturated heterocycles. The Morgan fingerprint density at radius 2 is 0.735 bits per heavy atom. The Labute approximate surface area is 789 Å². The molecule has 34 heteroatoms. The molecule has 4 aliphatic rings. The van der Waals surface area contributed by atoms with Crippen molar-refractivity contribution in [2.75, 3.05) is 73.4 Å². The van der Waals surface area contributed by atoms with Gasteiger partial charge >= 0.3 is 0 Å². The first-order chi connectivity index (χ1) is 66.0. The molecule has 12 heterocycles. The van der Waals surface area contributed by atoms with E-state index in [0.29, 0.717) is 115 Å². The number of halogens is 4. The fourth-order valence-electron chi connectivity index (χ4n) is 17.0. The van der Waals surface area contributed by atoms with E-state index in [2.05, 4.69) is 25.1 Å². The second kappa shape index (κ2) is 41.9. The van der Waals surface area contributed by atoms with Crippen LogP contribution in [0.4, 0.5) is 22.7 Å². The first kappa shape index (κ1) is 92.7. The summed E-state index contributed by atoms with van der Waals surface area (Å²) in [6, 6.07) is 65.4. The highest BCUT2D eigenvalue weighted by Crippen LogP contribution is 2.39. The molecule has 0 atom stereocenters. The zero-order chi connectivity index (χ0) is 94.6. The van der Waals surface area contributed by atoms with Crippen LogP contribution in [0, 0.1) is 44.0 Å². The molecule has 8 aromatic heterocycles. The van der Waals surface area contributed by atoms with Crippen molar-refractivity contribution >= 4 is 51.4 Å². The van der Waals surface area contributed by atoms with Crippen molar-refractivity contribution in [2.45, 2.75) is 110 Å². The van der Waals surface area contributed by atoms with Gasteiger partial charge in [0.1, 0.15) is 31.9 Å². The molecule has 0 aliphatic carbocycles. The van der Waals surface area contributed by atoms with E-state index < -0.39 is 23.3 Å². The number of benzene rings is 8. The molecular weight excluding hydrogens is 1780 g/mol. The number of piperidine rings is 2. The van der Waals surface area contributed by atoms with Crippen molar-refractivity contribution in [3.63, 3.8) is 0 Å². The monoisotopic (exact) mass is 1870 g/mol. The normalized spacial score (nSPS) is 13.7. The van der Waals surface area contributed by atoms with Gasteiger partial charge in [0.15, 0.2) is 57.3 Å².